The number of pyridine rings is 1. The summed E-state index contributed by atoms with van der Waals surface area (Å²) >= 11 is 0. The number of carbonyl (C=O) groups excluding carboxylic acids is 1. The van der Waals surface area contributed by atoms with Crippen molar-refractivity contribution < 1.29 is 14.3 Å². The Morgan fingerprint density at radius 2 is 1.94 bits per heavy atom. The normalized spacial score (nSPS) is 12.3. The second-order valence-electron chi connectivity index (χ2n) is 8.05. The molecule has 0 unspecified atom stereocenters. The Kier molecular flexibility index (Phi) is 6.95. The second-order valence-corrected chi connectivity index (χ2v) is 8.05. The van der Waals surface area contributed by atoms with Crippen molar-refractivity contribution in [3.63, 3.8) is 0 Å². The summed E-state index contributed by atoms with van der Waals surface area (Å²) in [5.74, 6) is 1.83. The van der Waals surface area contributed by atoms with Gasteiger partial charge in [0.2, 0.25) is 5.91 Å². The molecule has 178 valence electrons. The van der Waals surface area contributed by atoms with Gasteiger partial charge in [-0.05, 0) is 49.6 Å². The Morgan fingerprint density at radius 1 is 1.15 bits per heavy atom. The molecule has 1 amide bonds. The third-order valence-corrected chi connectivity index (χ3v) is 5.56. The van der Waals surface area contributed by atoms with Gasteiger partial charge in [0.25, 0.3) is 5.56 Å². The Labute approximate surface area is 197 Å². The molecule has 0 spiro atoms. The summed E-state index contributed by atoms with van der Waals surface area (Å²) in [5.41, 5.74) is 8.59. The lowest BCUT2D eigenvalue weighted by molar-refractivity contribution is -0.121. The molecular formula is C24H28N6O4. The van der Waals surface area contributed by atoms with E-state index < -0.39 is 0 Å². The minimum atomic E-state index is -0.345. The minimum Gasteiger partial charge on any atom is -0.486 e. The minimum absolute atomic E-state index is 0.106. The number of hydrogen-bond acceptors (Lipinski definition) is 8. The lowest BCUT2D eigenvalue weighted by Crippen LogP contribution is -2.34. The lowest BCUT2D eigenvalue weighted by atomic mass is 10.1. The van der Waals surface area contributed by atoms with Crippen molar-refractivity contribution in [2.75, 3.05) is 30.8 Å². The van der Waals surface area contributed by atoms with Gasteiger partial charge in [-0.1, -0.05) is 12.1 Å². The number of nitrogens with zero attached hydrogens (tertiary/aromatic N) is 3. The number of nitrogen functional groups attached to an aromatic ring is 1. The Morgan fingerprint density at radius 3 is 2.74 bits per heavy atom. The van der Waals surface area contributed by atoms with Crippen molar-refractivity contribution in [2.24, 2.45) is 0 Å². The van der Waals surface area contributed by atoms with Gasteiger partial charge < -0.3 is 25.8 Å². The Balaban J connectivity index is 1.35. The summed E-state index contributed by atoms with van der Waals surface area (Å²) in [4.78, 5) is 33.8. The average molecular weight is 465 g/mol. The summed E-state index contributed by atoms with van der Waals surface area (Å²) in [7, 11) is 0. The van der Waals surface area contributed by atoms with Crippen LogP contribution in [-0.4, -0.2) is 40.2 Å². The van der Waals surface area contributed by atoms with E-state index in [4.69, 9.17) is 15.2 Å². The van der Waals surface area contributed by atoms with Crippen LogP contribution in [0, 0.1) is 13.8 Å². The number of anilines is 2. The number of hydrogen-bond donors (Lipinski definition) is 3. The zero-order valence-electron chi connectivity index (χ0n) is 19.3. The summed E-state index contributed by atoms with van der Waals surface area (Å²) in [6.45, 7) is 5.36. The van der Waals surface area contributed by atoms with Crippen molar-refractivity contribution in [3.8, 4) is 11.5 Å². The van der Waals surface area contributed by atoms with E-state index >= 15 is 0 Å². The number of fused-ring (bicyclic) bond motifs is 1. The fourth-order valence-electron chi connectivity index (χ4n) is 3.65. The van der Waals surface area contributed by atoms with Crippen LogP contribution in [0.5, 0.6) is 11.5 Å². The molecule has 0 aliphatic carbocycles. The van der Waals surface area contributed by atoms with Crippen LogP contribution in [0.2, 0.25) is 0 Å². The summed E-state index contributed by atoms with van der Waals surface area (Å²) < 4.78 is 12.6. The predicted molar refractivity (Wildman–Crippen MR) is 128 cm³/mol. The highest BCUT2D eigenvalue weighted by molar-refractivity contribution is 5.75. The van der Waals surface area contributed by atoms with E-state index in [2.05, 4.69) is 20.6 Å². The van der Waals surface area contributed by atoms with Gasteiger partial charge in [-0.3, -0.25) is 14.2 Å². The number of aryl methyl sites for hydroxylation is 2. The van der Waals surface area contributed by atoms with E-state index in [0.717, 1.165) is 28.3 Å². The fraction of sp³-hybridized carbons (Fsp3) is 0.333. The van der Waals surface area contributed by atoms with Crippen molar-refractivity contribution in [1.29, 1.82) is 0 Å². The van der Waals surface area contributed by atoms with Gasteiger partial charge in [-0.2, -0.15) is 0 Å². The number of ether oxygens (including phenoxy) is 2. The van der Waals surface area contributed by atoms with Gasteiger partial charge in [0, 0.05) is 30.7 Å². The fourth-order valence-corrected chi connectivity index (χ4v) is 3.65. The predicted octanol–water partition coefficient (Wildman–Crippen LogP) is 1.58. The van der Waals surface area contributed by atoms with Gasteiger partial charge in [-0.15, -0.1) is 0 Å². The zero-order valence-corrected chi connectivity index (χ0v) is 19.3. The number of amides is 1. The monoisotopic (exact) mass is 464 g/mol. The van der Waals surface area contributed by atoms with Gasteiger partial charge in [0.15, 0.2) is 17.3 Å². The number of benzene rings is 1. The summed E-state index contributed by atoms with van der Waals surface area (Å²) in [5, 5.41) is 5.91. The molecule has 4 N–H and O–H groups in total. The molecule has 10 heteroatoms. The van der Waals surface area contributed by atoms with Crippen molar-refractivity contribution in [2.45, 2.75) is 33.4 Å². The molecule has 3 heterocycles. The molecule has 4 rings (SSSR count). The third kappa shape index (κ3) is 5.45. The molecule has 1 aliphatic heterocycles. The Hall–Kier alpha value is -4.08. The largest absolute Gasteiger partial charge is 0.486 e. The third-order valence-electron chi connectivity index (χ3n) is 5.56. The van der Waals surface area contributed by atoms with E-state index in [-0.39, 0.29) is 23.8 Å². The number of nitrogens with one attached hydrogen (secondary N) is 2. The highest BCUT2D eigenvalue weighted by Gasteiger charge is 2.14. The molecular weight excluding hydrogens is 436 g/mol. The lowest BCUT2D eigenvalue weighted by Gasteiger charge is -2.19. The molecule has 0 saturated heterocycles. The molecule has 3 aromatic rings. The van der Waals surface area contributed by atoms with Crippen molar-refractivity contribution in [1.82, 2.24) is 19.9 Å². The molecule has 34 heavy (non-hydrogen) atoms. The van der Waals surface area contributed by atoms with Crippen LogP contribution in [0.1, 0.15) is 22.5 Å². The second kappa shape index (κ2) is 10.2. The Bertz CT molecular complexity index is 1260. The first-order valence-corrected chi connectivity index (χ1v) is 11.1. The van der Waals surface area contributed by atoms with E-state index in [1.165, 1.54) is 4.57 Å². The molecule has 1 aliphatic rings. The topological polar surface area (TPSA) is 133 Å². The van der Waals surface area contributed by atoms with Gasteiger partial charge in [0.1, 0.15) is 25.6 Å². The molecule has 1 aromatic carbocycles. The quantitative estimate of drug-likeness (QED) is 0.458. The van der Waals surface area contributed by atoms with Gasteiger partial charge in [-0.25, -0.2) is 9.97 Å². The molecule has 0 radical (unpaired) electrons. The smallest absolute Gasteiger partial charge is 0.293 e. The zero-order chi connectivity index (χ0) is 24.1. The SMILES string of the molecule is Cc1nc(N)ccc1CNC(=O)Cn1c(C)cnc(NCCc2ccc3c(c2)OCCO3)c1=O. The van der Waals surface area contributed by atoms with E-state index in [1.807, 2.05) is 31.2 Å². The molecule has 2 aromatic heterocycles. The van der Waals surface area contributed by atoms with Crippen LogP contribution in [0.3, 0.4) is 0 Å². The van der Waals surface area contributed by atoms with Crippen LogP contribution < -0.4 is 31.4 Å². The first-order chi connectivity index (χ1) is 16.4. The molecule has 10 nitrogen and oxygen atoms in total. The number of nitrogens with two attached hydrogens (primary N) is 1. The van der Waals surface area contributed by atoms with Crippen molar-refractivity contribution >= 4 is 17.5 Å². The number of rotatable bonds is 8. The molecule has 0 bridgehead atoms. The first kappa shape index (κ1) is 23.1. The molecule has 0 atom stereocenters. The van der Waals surface area contributed by atoms with Crippen molar-refractivity contribution in [3.05, 3.63) is 69.4 Å². The maximum atomic E-state index is 12.9. The highest BCUT2D eigenvalue weighted by Crippen LogP contribution is 2.30. The highest BCUT2D eigenvalue weighted by atomic mass is 16.6. The van der Waals surface area contributed by atoms with Gasteiger partial charge in [0.05, 0.1) is 0 Å². The van der Waals surface area contributed by atoms with Crippen LogP contribution in [-0.2, 0) is 24.3 Å². The van der Waals surface area contributed by atoms with E-state index in [9.17, 15) is 9.59 Å². The first-order valence-electron chi connectivity index (χ1n) is 11.1. The summed E-state index contributed by atoms with van der Waals surface area (Å²) in [6, 6.07) is 9.32. The summed E-state index contributed by atoms with van der Waals surface area (Å²) in [6.07, 6.45) is 2.25. The number of aromatic nitrogens is 3. The standard InChI is InChI=1S/C24H28N6O4/c1-15-12-28-23(26-8-7-17-3-5-19-20(11-17)34-10-9-33-19)24(32)30(15)14-22(31)27-13-18-4-6-21(25)29-16(18)2/h3-6,11-12H,7-10,13-14H2,1-2H3,(H2,25,29)(H,26,28)(H,27,31). The molecule has 0 saturated carbocycles. The van der Waals surface area contributed by atoms with Gasteiger partial charge >= 0.3 is 0 Å². The average Bonchev–Trinajstić information content (AvgIpc) is 2.82. The van der Waals surface area contributed by atoms with Crippen LogP contribution in [0.15, 0.2) is 41.3 Å². The van der Waals surface area contributed by atoms with Crippen LogP contribution in [0.25, 0.3) is 0 Å². The number of carbonyl (C=O) groups is 1. The van der Waals surface area contributed by atoms with Crippen LogP contribution in [0.4, 0.5) is 11.6 Å². The maximum absolute atomic E-state index is 12.9. The van der Waals surface area contributed by atoms with E-state index in [0.29, 0.717) is 44.2 Å². The molecule has 0 fully saturated rings. The van der Waals surface area contributed by atoms with E-state index in [1.54, 1.807) is 19.2 Å². The maximum Gasteiger partial charge on any atom is 0.293 e. The van der Waals surface area contributed by atoms with Crippen LogP contribution >= 0.6 is 0 Å².